The van der Waals surface area contributed by atoms with Crippen molar-refractivity contribution in [3.05, 3.63) is 48.0 Å². The quantitative estimate of drug-likeness (QED) is 0.629. The van der Waals surface area contributed by atoms with Crippen molar-refractivity contribution in [1.29, 1.82) is 0 Å². The van der Waals surface area contributed by atoms with Crippen molar-refractivity contribution in [2.75, 3.05) is 26.0 Å². The number of anilines is 2. The molecular weight excluding hydrogens is 368 g/mol. The summed E-state index contributed by atoms with van der Waals surface area (Å²) in [5, 5.41) is 10.7. The largest absolute Gasteiger partial charge is 0.329 e. The van der Waals surface area contributed by atoms with E-state index >= 15 is 0 Å². The zero-order chi connectivity index (χ0) is 20.5. The number of fused-ring (bicyclic) bond motifs is 1. The summed E-state index contributed by atoms with van der Waals surface area (Å²) in [7, 11) is 4.11. The van der Waals surface area contributed by atoms with Crippen molar-refractivity contribution >= 4 is 33.4 Å². The van der Waals surface area contributed by atoms with Crippen LogP contribution in [0, 0.1) is 0 Å². The molecule has 1 aliphatic rings. The Morgan fingerprint density at radius 2 is 1.82 bits per heavy atom. The van der Waals surface area contributed by atoms with E-state index < -0.39 is 0 Å². The number of nitrogens with one attached hydrogen (secondary N) is 1. The molecule has 0 atom stereocenters. The summed E-state index contributed by atoms with van der Waals surface area (Å²) >= 11 is 1.65. The van der Waals surface area contributed by atoms with Gasteiger partial charge in [0, 0.05) is 44.8 Å². The minimum atomic E-state index is 0.775. The van der Waals surface area contributed by atoms with Gasteiger partial charge in [-0.2, -0.15) is 0 Å². The van der Waals surface area contributed by atoms with E-state index in [2.05, 4.69) is 70.6 Å². The predicted molar refractivity (Wildman–Crippen MR) is 121 cm³/mol. The van der Waals surface area contributed by atoms with E-state index in [-0.39, 0.29) is 0 Å². The van der Waals surface area contributed by atoms with Crippen molar-refractivity contribution in [2.45, 2.75) is 40.5 Å². The van der Waals surface area contributed by atoms with E-state index in [4.69, 9.17) is 0 Å². The fourth-order valence-corrected chi connectivity index (χ4v) is 3.20. The van der Waals surface area contributed by atoms with Gasteiger partial charge in [0.05, 0.1) is 16.9 Å². The molecule has 0 saturated carbocycles. The smallest absolute Gasteiger partial charge is 0.180 e. The normalized spacial score (nSPS) is 13.5. The summed E-state index contributed by atoms with van der Waals surface area (Å²) in [6, 6.07) is 4.04. The van der Waals surface area contributed by atoms with Crippen LogP contribution in [0.5, 0.6) is 0 Å². The Morgan fingerprint density at radius 1 is 1.11 bits per heavy atom. The number of hydrazine groups is 1. The Balaban J connectivity index is 0.000000418. The van der Waals surface area contributed by atoms with Crippen molar-refractivity contribution in [2.24, 2.45) is 0 Å². The van der Waals surface area contributed by atoms with Gasteiger partial charge < -0.3 is 10.3 Å². The molecule has 0 radical (unpaired) electrons. The molecule has 4 rings (SSSR count). The number of likely N-dealkylation sites (N-methyl/N-ethyl adjacent to an activating group) is 1. The second-order valence-corrected chi connectivity index (χ2v) is 7.62. The second kappa shape index (κ2) is 10.8. The van der Waals surface area contributed by atoms with Gasteiger partial charge in [-0.3, -0.25) is 4.40 Å². The first-order valence-corrected chi connectivity index (χ1v) is 10.7. The van der Waals surface area contributed by atoms with Crippen LogP contribution in [-0.2, 0) is 0 Å². The average Bonchev–Trinajstić information content (AvgIpc) is 3.38. The first kappa shape index (κ1) is 21.9. The maximum absolute atomic E-state index is 4.56. The Labute approximate surface area is 172 Å². The fraction of sp³-hybridized carbons (Fsp3) is 0.429. The van der Waals surface area contributed by atoms with E-state index in [1.165, 1.54) is 18.4 Å². The number of hydrogen-bond donors (Lipinski definition) is 1. The highest BCUT2D eigenvalue weighted by Gasteiger charge is 2.20. The van der Waals surface area contributed by atoms with E-state index in [1.807, 2.05) is 37.0 Å². The maximum atomic E-state index is 4.56. The Bertz CT molecular complexity index is 866. The third-order valence-electron chi connectivity index (χ3n) is 3.80. The summed E-state index contributed by atoms with van der Waals surface area (Å²) in [6.07, 6.45) is 10.3. The summed E-state index contributed by atoms with van der Waals surface area (Å²) in [6.45, 7) is 9.38. The van der Waals surface area contributed by atoms with E-state index in [0.29, 0.717) is 0 Å². The predicted octanol–water partition coefficient (Wildman–Crippen LogP) is 5.50. The van der Waals surface area contributed by atoms with Crippen LogP contribution in [-0.4, -0.2) is 45.0 Å². The molecule has 0 spiro atoms. The molecule has 4 heterocycles. The molecule has 28 heavy (non-hydrogen) atoms. The molecule has 0 fully saturated rings. The SMILES string of the molecule is CCC.CCC.CN1C=C(c2cnc3c(Nc4cccs4)nccn23)CN1C. The Kier molecular flexibility index (Phi) is 8.47. The second-order valence-electron chi connectivity index (χ2n) is 6.67. The van der Waals surface area contributed by atoms with Crippen LogP contribution in [0.15, 0.2) is 42.3 Å². The highest BCUT2D eigenvalue weighted by atomic mass is 32.1. The molecule has 0 amide bonds. The highest BCUT2D eigenvalue weighted by molar-refractivity contribution is 7.14. The number of nitrogens with zero attached hydrogens (tertiary/aromatic N) is 5. The fourth-order valence-electron chi connectivity index (χ4n) is 2.58. The molecule has 6 nitrogen and oxygen atoms in total. The van der Waals surface area contributed by atoms with Crippen molar-refractivity contribution in [3.63, 3.8) is 0 Å². The number of rotatable bonds is 3. The van der Waals surface area contributed by atoms with Gasteiger partial charge in [-0.25, -0.2) is 15.0 Å². The van der Waals surface area contributed by atoms with Gasteiger partial charge >= 0.3 is 0 Å². The van der Waals surface area contributed by atoms with Gasteiger partial charge in [-0.15, -0.1) is 11.3 Å². The molecule has 0 aliphatic carbocycles. The highest BCUT2D eigenvalue weighted by Crippen LogP contribution is 2.27. The van der Waals surface area contributed by atoms with Gasteiger partial charge in [-0.1, -0.05) is 40.5 Å². The first-order chi connectivity index (χ1) is 13.5. The minimum Gasteiger partial charge on any atom is -0.329 e. The van der Waals surface area contributed by atoms with Crippen molar-refractivity contribution < 1.29 is 0 Å². The molecular formula is C21H32N6S. The molecule has 1 N–H and O–H groups in total. The Hall–Kier alpha value is -2.38. The topological polar surface area (TPSA) is 48.7 Å². The summed E-state index contributed by atoms with van der Waals surface area (Å²) in [5.41, 5.74) is 3.18. The van der Waals surface area contributed by atoms with Crippen LogP contribution in [0.2, 0.25) is 0 Å². The lowest BCUT2D eigenvalue weighted by Gasteiger charge is -2.18. The lowest BCUT2D eigenvalue weighted by molar-refractivity contribution is 0.118. The minimum absolute atomic E-state index is 0.775. The van der Waals surface area contributed by atoms with Crippen LogP contribution in [0.25, 0.3) is 11.2 Å². The van der Waals surface area contributed by atoms with Gasteiger partial charge in [0.1, 0.15) is 0 Å². The van der Waals surface area contributed by atoms with Crippen LogP contribution in [0.1, 0.15) is 46.2 Å². The number of aromatic nitrogens is 3. The lowest BCUT2D eigenvalue weighted by Crippen LogP contribution is -2.27. The van der Waals surface area contributed by atoms with Crippen LogP contribution in [0.4, 0.5) is 10.8 Å². The Morgan fingerprint density at radius 3 is 2.39 bits per heavy atom. The summed E-state index contributed by atoms with van der Waals surface area (Å²) < 4.78 is 2.09. The molecule has 0 unspecified atom stereocenters. The maximum Gasteiger partial charge on any atom is 0.180 e. The van der Waals surface area contributed by atoms with Crippen LogP contribution >= 0.6 is 11.3 Å². The standard InChI is InChI=1S/C15H16N6S.2C3H8/c1-19-9-11(10-20(19)2)12-8-17-15-14(16-5-6-21(12)15)18-13-4-3-7-22-13;2*1-3-2/h3-9H,10H2,1-2H3,(H,16,18);2*3H2,1-2H3. The molecule has 3 aromatic heterocycles. The summed E-state index contributed by atoms with van der Waals surface area (Å²) in [5.74, 6) is 0.775. The van der Waals surface area contributed by atoms with E-state index in [9.17, 15) is 0 Å². The van der Waals surface area contributed by atoms with Gasteiger partial charge in [-0.05, 0) is 17.5 Å². The van der Waals surface area contributed by atoms with Crippen molar-refractivity contribution in [1.82, 2.24) is 24.4 Å². The molecule has 1 aliphatic heterocycles. The molecule has 0 bridgehead atoms. The van der Waals surface area contributed by atoms with E-state index in [1.54, 1.807) is 17.5 Å². The van der Waals surface area contributed by atoms with Crippen molar-refractivity contribution in [3.8, 4) is 0 Å². The third kappa shape index (κ3) is 5.33. The van der Waals surface area contributed by atoms with Crippen LogP contribution in [0.3, 0.4) is 0 Å². The molecule has 0 aromatic carbocycles. The average molecular weight is 401 g/mol. The monoisotopic (exact) mass is 400 g/mol. The molecule has 7 heteroatoms. The summed E-state index contributed by atoms with van der Waals surface area (Å²) in [4.78, 5) is 8.98. The zero-order valence-electron chi connectivity index (χ0n) is 17.8. The van der Waals surface area contributed by atoms with Gasteiger partial charge in [0.15, 0.2) is 11.5 Å². The zero-order valence-corrected chi connectivity index (χ0v) is 18.6. The molecule has 3 aromatic rings. The molecule has 152 valence electrons. The first-order valence-electron chi connectivity index (χ1n) is 9.83. The lowest BCUT2D eigenvalue weighted by atomic mass is 10.2. The number of thiophene rings is 1. The van der Waals surface area contributed by atoms with Gasteiger partial charge in [0.2, 0.25) is 0 Å². The van der Waals surface area contributed by atoms with E-state index in [0.717, 1.165) is 28.7 Å². The molecule has 0 saturated heterocycles. The third-order valence-corrected chi connectivity index (χ3v) is 4.59. The van der Waals surface area contributed by atoms with Gasteiger partial charge in [0.25, 0.3) is 0 Å². The number of hydrogen-bond acceptors (Lipinski definition) is 6. The van der Waals surface area contributed by atoms with Crippen LogP contribution < -0.4 is 5.32 Å². The number of imidazole rings is 1.